The molecule has 2 aromatic heterocycles. The van der Waals surface area contributed by atoms with Crippen LogP contribution >= 0.6 is 23.1 Å². The van der Waals surface area contributed by atoms with E-state index in [0.717, 1.165) is 16.3 Å². The number of furan rings is 1. The molecule has 0 fully saturated rings. The highest BCUT2D eigenvalue weighted by atomic mass is 32.2. The summed E-state index contributed by atoms with van der Waals surface area (Å²) in [5, 5.41) is 33.4. The van der Waals surface area contributed by atoms with E-state index < -0.39 is 23.5 Å². The zero-order valence-electron chi connectivity index (χ0n) is 23.8. The predicted octanol–water partition coefficient (Wildman–Crippen LogP) is 7.62. The highest BCUT2D eigenvalue weighted by Gasteiger charge is 2.47. The molecule has 9 nitrogen and oxygen atoms in total. The molecule has 1 amide bonds. The van der Waals surface area contributed by atoms with Gasteiger partial charge < -0.3 is 19.4 Å². The third-order valence-corrected chi connectivity index (χ3v) is 9.64. The number of hydrogen-bond acceptors (Lipinski definition) is 10. The van der Waals surface area contributed by atoms with Gasteiger partial charge in [-0.1, -0.05) is 89.8 Å². The number of rotatable bonds is 9. The number of Topliss-reactive ketones (excluding diaryl/α,β-unsaturated/α-hetero) is 1. The monoisotopic (exact) mass is 635 g/mol. The Labute approximate surface area is 265 Å². The number of anilines is 1. The molecular formula is C34H25N3O6S2. The van der Waals surface area contributed by atoms with Gasteiger partial charge in [0, 0.05) is 11.1 Å². The number of aliphatic hydroxyl groups is 1. The molecule has 0 bridgehead atoms. The van der Waals surface area contributed by atoms with Crippen molar-refractivity contribution in [3.05, 3.63) is 119 Å². The van der Waals surface area contributed by atoms with E-state index in [1.54, 1.807) is 43.3 Å². The molecule has 3 heterocycles. The van der Waals surface area contributed by atoms with Crippen molar-refractivity contribution in [2.45, 2.75) is 23.1 Å². The summed E-state index contributed by atoms with van der Waals surface area (Å²) in [5.41, 5.74) is 1.88. The molecule has 0 saturated heterocycles. The van der Waals surface area contributed by atoms with E-state index in [9.17, 15) is 19.8 Å². The molecule has 0 radical (unpaired) electrons. The minimum Gasteiger partial charge on any atom is -0.504 e. The average Bonchev–Trinajstić information content (AvgIpc) is 3.77. The smallest absolute Gasteiger partial charge is 0.296 e. The van der Waals surface area contributed by atoms with Crippen LogP contribution in [0.25, 0.3) is 21.7 Å². The number of fused-ring (bicyclic) bond motifs is 2. The maximum Gasteiger partial charge on any atom is 0.296 e. The van der Waals surface area contributed by atoms with E-state index in [-0.39, 0.29) is 34.6 Å². The van der Waals surface area contributed by atoms with Crippen LogP contribution in [0, 0.1) is 0 Å². The summed E-state index contributed by atoms with van der Waals surface area (Å²) < 4.78 is 12.0. The molecule has 0 saturated carbocycles. The number of nitrogens with zero attached hydrogens (tertiary/aromatic N) is 3. The van der Waals surface area contributed by atoms with Crippen molar-refractivity contribution in [3.8, 4) is 11.5 Å². The molecule has 0 aliphatic carbocycles. The lowest BCUT2D eigenvalue weighted by Gasteiger charge is -2.24. The molecule has 0 spiro atoms. The summed E-state index contributed by atoms with van der Waals surface area (Å²) in [6, 6.07) is 26.5. The second-order valence-electron chi connectivity index (χ2n) is 10.3. The zero-order chi connectivity index (χ0) is 31.1. The SMILES string of the molecule is CCOc1cc([C@@H]2C(C(=O)c3cc4ccccc4o3)=C(O)C(=O)N2c2nnc(SCc3cccc4ccccc34)s2)ccc1O. The number of thioether (sulfide) groups is 1. The summed E-state index contributed by atoms with van der Waals surface area (Å²) >= 11 is 2.66. The fourth-order valence-corrected chi connectivity index (χ4v) is 7.34. The van der Waals surface area contributed by atoms with E-state index in [1.165, 1.54) is 34.1 Å². The van der Waals surface area contributed by atoms with Crippen molar-refractivity contribution in [3.63, 3.8) is 0 Å². The summed E-state index contributed by atoms with van der Waals surface area (Å²) in [4.78, 5) is 28.9. The number of amides is 1. The zero-order valence-corrected chi connectivity index (χ0v) is 25.5. The maximum absolute atomic E-state index is 14.0. The number of hydrogen-bond donors (Lipinski definition) is 2. The van der Waals surface area contributed by atoms with Gasteiger partial charge in [0.2, 0.25) is 10.9 Å². The highest BCUT2D eigenvalue weighted by molar-refractivity contribution is 8.00. The second-order valence-corrected chi connectivity index (χ2v) is 12.4. The maximum atomic E-state index is 14.0. The number of benzene rings is 4. The second kappa shape index (κ2) is 11.8. The number of ketones is 1. The molecule has 7 rings (SSSR count). The highest BCUT2D eigenvalue weighted by Crippen LogP contribution is 2.46. The number of para-hydroxylation sites is 1. The van der Waals surface area contributed by atoms with Gasteiger partial charge in [-0.05, 0) is 53.1 Å². The van der Waals surface area contributed by atoms with Crippen LogP contribution in [0.2, 0.25) is 0 Å². The van der Waals surface area contributed by atoms with Gasteiger partial charge >= 0.3 is 0 Å². The quantitative estimate of drug-likeness (QED) is 0.0937. The van der Waals surface area contributed by atoms with Crippen LogP contribution in [0.5, 0.6) is 11.5 Å². The lowest BCUT2D eigenvalue weighted by atomic mass is 9.95. The Hall–Kier alpha value is -5.13. The lowest BCUT2D eigenvalue weighted by Crippen LogP contribution is -2.31. The van der Waals surface area contributed by atoms with E-state index in [0.29, 0.717) is 26.6 Å². The van der Waals surface area contributed by atoms with Crippen LogP contribution in [-0.2, 0) is 10.5 Å². The summed E-state index contributed by atoms with van der Waals surface area (Å²) in [5.74, 6) is -1.48. The molecule has 4 aromatic carbocycles. The number of phenolic OH excluding ortho intramolecular Hbond substituents is 1. The van der Waals surface area contributed by atoms with Crippen molar-refractivity contribution in [1.29, 1.82) is 0 Å². The van der Waals surface area contributed by atoms with Gasteiger partial charge in [-0.2, -0.15) is 0 Å². The fourth-order valence-electron chi connectivity index (χ4n) is 5.46. The van der Waals surface area contributed by atoms with Crippen LogP contribution in [0.3, 0.4) is 0 Å². The molecule has 224 valence electrons. The Morgan fingerprint density at radius 1 is 0.978 bits per heavy atom. The number of phenols is 1. The average molecular weight is 636 g/mol. The van der Waals surface area contributed by atoms with Crippen molar-refractivity contribution < 1.29 is 29.0 Å². The normalized spacial score (nSPS) is 15.0. The van der Waals surface area contributed by atoms with Crippen LogP contribution < -0.4 is 9.64 Å². The van der Waals surface area contributed by atoms with Crippen molar-refractivity contribution in [1.82, 2.24) is 10.2 Å². The molecule has 1 aliphatic heterocycles. The molecule has 1 atom stereocenters. The van der Waals surface area contributed by atoms with Crippen LogP contribution in [0.1, 0.15) is 34.6 Å². The van der Waals surface area contributed by atoms with E-state index >= 15 is 0 Å². The number of carbonyl (C=O) groups is 2. The van der Waals surface area contributed by atoms with Gasteiger partial charge in [0.25, 0.3) is 5.91 Å². The first kappa shape index (κ1) is 28.6. The summed E-state index contributed by atoms with van der Waals surface area (Å²) in [7, 11) is 0. The van der Waals surface area contributed by atoms with Crippen LogP contribution in [0.4, 0.5) is 5.13 Å². The van der Waals surface area contributed by atoms with Crippen LogP contribution in [0.15, 0.2) is 111 Å². The first-order valence-corrected chi connectivity index (χ1v) is 15.9. The van der Waals surface area contributed by atoms with Crippen LogP contribution in [-0.4, -0.2) is 38.7 Å². The van der Waals surface area contributed by atoms with E-state index in [1.807, 2.05) is 24.3 Å². The largest absolute Gasteiger partial charge is 0.504 e. The summed E-state index contributed by atoms with van der Waals surface area (Å²) in [6.07, 6.45) is 0. The Balaban J connectivity index is 1.26. The molecule has 2 N–H and O–H groups in total. The summed E-state index contributed by atoms with van der Waals surface area (Å²) in [6.45, 7) is 2.06. The van der Waals surface area contributed by atoms with Crippen molar-refractivity contribution >= 4 is 61.7 Å². The molecule has 0 unspecified atom stereocenters. The minimum atomic E-state index is -1.10. The van der Waals surface area contributed by atoms with Gasteiger partial charge in [-0.25, -0.2) is 0 Å². The number of carbonyl (C=O) groups excluding carboxylic acids is 2. The molecule has 11 heteroatoms. The Bertz CT molecular complexity index is 2100. The molecule has 45 heavy (non-hydrogen) atoms. The van der Waals surface area contributed by atoms with Gasteiger partial charge in [-0.15, -0.1) is 10.2 Å². The van der Waals surface area contributed by atoms with Gasteiger partial charge in [0.15, 0.2) is 27.4 Å². The Morgan fingerprint density at radius 2 is 1.76 bits per heavy atom. The first-order chi connectivity index (χ1) is 21.9. The van der Waals surface area contributed by atoms with Gasteiger partial charge in [-0.3, -0.25) is 14.5 Å². The van der Waals surface area contributed by atoms with Gasteiger partial charge in [0.1, 0.15) is 5.58 Å². The third-order valence-electron chi connectivity index (χ3n) is 7.53. The van der Waals surface area contributed by atoms with E-state index in [2.05, 4.69) is 34.5 Å². The van der Waals surface area contributed by atoms with Gasteiger partial charge in [0.05, 0.1) is 18.2 Å². The van der Waals surface area contributed by atoms with E-state index in [4.69, 9.17) is 9.15 Å². The molecule has 1 aliphatic rings. The van der Waals surface area contributed by atoms with Crippen molar-refractivity contribution in [2.75, 3.05) is 11.5 Å². The first-order valence-electron chi connectivity index (χ1n) is 14.1. The fraction of sp³-hybridized carbons (Fsp3) is 0.118. The lowest BCUT2D eigenvalue weighted by molar-refractivity contribution is -0.117. The minimum absolute atomic E-state index is 0.0233. The topological polar surface area (TPSA) is 126 Å². The number of aromatic nitrogens is 2. The third kappa shape index (κ3) is 5.19. The Kier molecular flexibility index (Phi) is 7.48. The number of aliphatic hydroxyl groups excluding tert-OH is 1. The standard InChI is InChI=1S/C34H25N3O6S2/c1-2-42-26-17-21(14-15-24(26)38)29-28(30(39)27-16-20-9-4-6-13-25(20)43-27)31(40)32(41)37(29)33-35-36-34(45-33)44-18-22-11-7-10-19-8-3-5-12-23(19)22/h3-17,29,38,40H,2,18H2,1H3/t29-/m1/s1. The number of aromatic hydroxyl groups is 1. The molecule has 6 aromatic rings. The predicted molar refractivity (Wildman–Crippen MR) is 173 cm³/mol. The number of ether oxygens (including phenoxy) is 1. The Morgan fingerprint density at radius 3 is 2.58 bits per heavy atom. The molecular weight excluding hydrogens is 611 g/mol. The van der Waals surface area contributed by atoms with Crippen molar-refractivity contribution in [2.24, 2.45) is 0 Å².